The lowest BCUT2D eigenvalue weighted by Gasteiger charge is -2.18. The van der Waals surface area contributed by atoms with Crippen LogP contribution in [-0.2, 0) is 9.59 Å². The highest BCUT2D eigenvalue weighted by molar-refractivity contribution is 8.00. The minimum absolute atomic E-state index is 0.0943. The summed E-state index contributed by atoms with van der Waals surface area (Å²) >= 11 is 1.43. The van der Waals surface area contributed by atoms with Crippen molar-refractivity contribution in [2.45, 2.75) is 108 Å². The van der Waals surface area contributed by atoms with Gasteiger partial charge in [-0.15, -0.1) is 0 Å². The summed E-state index contributed by atoms with van der Waals surface area (Å²) in [5.41, 5.74) is 0. The lowest BCUT2D eigenvalue weighted by atomic mass is 10.1. The van der Waals surface area contributed by atoms with Crippen LogP contribution < -0.4 is 0 Å². The van der Waals surface area contributed by atoms with Gasteiger partial charge in [-0.3, -0.25) is 9.59 Å². The molecule has 0 radical (unpaired) electrons. The van der Waals surface area contributed by atoms with Gasteiger partial charge in [0.05, 0.1) is 12.5 Å². The molecule has 0 aliphatic heterocycles. The summed E-state index contributed by atoms with van der Waals surface area (Å²) in [7, 11) is 0. The molecule has 0 rings (SSSR count). The van der Waals surface area contributed by atoms with Gasteiger partial charge in [-0.25, -0.2) is 0 Å². The summed E-state index contributed by atoms with van der Waals surface area (Å²) in [5, 5.41) is 27.4. The number of hydrogen-bond acceptors (Lipinski definition) is 4. The van der Waals surface area contributed by atoms with Crippen LogP contribution in [0.1, 0.15) is 96.8 Å². The predicted octanol–water partition coefficient (Wildman–Crippen LogP) is 5.66. The maximum absolute atomic E-state index is 10.8. The third-order valence-corrected chi connectivity index (χ3v) is 6.04. The lowest BCUT2D eigenvalue weighted by molar-refractivity contribution is -0.139. The van der Waals surface area contributed by atoms with Crippen molar-refractivity contribution >= 4 is 23.7 Å². The van der Waals surface area contributed by atoms with Crippen LogP contribution in [0.3, 0.4) is 0 Å². The molecule has 28 heavy (non-hydrogen) atoms. The molecule has 0 heterocycles. The molecule has 5 nitrogen and oxygen atoms in total. The summed E-state index contributed by atoms with van der Waals surface area (Å²) < 4.78 is 0. The Bertz CT molecular complexity index is 425. The maximum atomic E-state index is 10.8. The Balaban J connectivity index is 3.94. The number of carbonyl (C=O) groups is 2. The molecule has 0 spiro atoms. The van der Waals surface area contributed by atoms with Gasteiger partial charge in [0.1, 0.15) is 0 Å². The van der Waals surface area contributed by atoms with Gasteiger partial charge in [-0.2, -0.15) is 11.8 Å². The molecule has 2 atom stereocenters. The molecule has 0 saturated carbocycles. The number of unbranched alkanes of at least 4 members (excludes halogenated alkanes) is 10. The summed E-state index contributed by atoms with van der Waals surface area (Å²) in [6.45, 7) is 2.24. The van der Waals surface area contributed by atoms with Crippen molar-refractivity contribution in [1.82, 2.24) is 0 Å². The molecule has 0 aromatic rings. The molecular weight excluding hydrogens is 376 g/mol. The zero-order valence-corrected chi connectivity index (χ0v) is 18.3. The summed E-state index contributed by atoms with van der Waals surface area (Å²) in [5.74, 6) is -1.26. The number of hydrogen-bond donors (Lipinski definition) is 3. The largest absolute Gasteiger partial charge is 0.481 e. The number of aliphatic hydroxyl groups excluding tert-OH is 1. The van der Waals surface area contributed by atoms with Crippen molar-refractivity contribution in [1.29, 1.82) is 0 Å². The highest BCUT2D eigenvalue weighted by Gasteiger charge is 2.19. The predicted molar refractivity (Wildman–Crippen MR) is 117 cm³/mol. The topological polar surface area (TPSA) is 94.8 Å². The van der Waals surface area contributed by atoms with E-state index in [4.69, 9.17) is 10.2 Å². The first-order chi connectivity index (χ1) is 13.5. The number of carboxylic acid groups (broad SMARTS) is 2. The Labute approximate surface area is 175 Å². The van der Waals surface area contributed by atoms with Crippen LogP contribution in [0.15, 0.2) is 12.2 Å². The molecule has 0 aromatic heterocycles. The first-order valence-electron chi connectivity index (χ1n) is 10.9. The average molecular weight is 417 g/mol. The molecule has 0 saturated heterocycles. The van der Waals surface area contributed by atoms with E-state index in [9.17, 15) is 14.7 Å². The SMILES string of the molecule is CCCCCCCCCCCCC=CC(SCCCC(=O)O)C(O)CC(=O)O. The number of aliphatic carboxylic acids is 2. The van der Waals surface area contributed by atoms with Crippen molar-refractivity contribution in [2.75, 3.05) is 5.75 Å². The van der Waals surface area contributed by atoms with Gasteiger partial charge in [0, 0.05) is 11.7 Å². The molecule has 3 N–H and O–H groups in total. The lowest BCUT2D eigenvalue weighted by Crippen LogP contribution is -2.24. The standard InChI is InChI=1S/C22H40O5S/c1-2-3-4-5-6-7-8-9-10-11-12-13-15-20(19(23)18-22(26)27)28-17-14-16-21(24)25/h13,15,19-20,23H,2-12,14,16-18H2,1H3,(H,24,25)(H,26,27). The fraction of sp³-hybridized carbons (Fsp3) is 0.818. The van der Waals surface area contributed by atoms with E-state index in [1.54, 1.807) is 0 Å². The van der Waals surface area contributed by atoms with E-state index in [0.717, 1.165) is 12.8 Å². The van der Waals surface area contributed by atoms with E-state index in [2.05, 4.69) is 6.92 Å². The van der Waals surface area contributed by atoms with Crippen LogP contribution in [0.2, 0.25) is 0 Å². The van der Waals surface area contributed by atoms with Gasteiger partial charge in [0.25, 0.3) is 0 Å². The van der Waals surface area contributed by atoms with Crippen LogP contribution in [0.5, 0.6) is 0 Å². The Morgan fingerprint density at radius 2 is 1.43 bits per heavy atom. The van der Waals surface area contributed by atoms with E-state index >= 15 is 0 Å². The summed E-state index contributed by atoms with van der Waals surface area (Å²) in [6, 6.07) is 0. The zero-order chi connectivity index (χ0) is 21.0. The van der Waals surface area contributed by atoms with E-state index in [1.165, 1.54) is 69.5 Å². The van der Waals surface area contributed by atoms with Crippen molar-refractivity contribution in [3.63, 3.8) is 0 Å². The van der Waals surface area contributed by atoms with Crippen LogP contribution in [-0.4, -0.2) is 44.4 Å². The second-order valence-corrected chi connectivity index (χ2v) is 8.68. The fourth-order valence-electron chi connectivity index (χ4n) is 3.01. The maximum Gasteiger partial charge on any atom is 0.306 e. The minimum Gasteiger partial charge on any atom is -0.481 e. The van der Waals surface area contributed by atoms with E-state index < -0.39 is 18.0 Å². The molecule has 0 amide bonds. The quantitative estimate of drug-likeness (QED) is 0.175. The van der Waals surface area contributed by atoms with Crippen molar-refractivity contribution in [2.24, 2.45) is 0 Å². The number of allylic oxidation sites excluding steroid dienone is 1. The van der Waals surface area contributed by atoms with Gasteiger partial charge in [-0.1, -0.05) is 76.9 Å². The van der Waals surface area contributed by atoms with E-state index in [-0.39, 0.29) is 18.1 Å². The molecule has 0 aliphatic carbocycles. The molecule has 164 valence electrons. The normalized spacial score (nSPS) is 13.6. The zero-order valence-electron chi connectivity index (χ0n) is 17.5. The second kappa shape index (κ2) is 19.3. The van der Waals surface area contributed by atoms with E-state index in [0.29, 0.717) is 12.2 Å². The molecule has 2 unspecified atom stereocenters. The molecule has 0 aliphatic rings. The Kier molecular flexibility index (Phi) is 18.6. The van der Waals surface area contributed by atoms with Crippen LogP contribution in [0.4, 0.5) is 0 Å². The van der Waals surface area contributed by atoms with Gasteiger partial charge in [-0.05, 0) is 25.0 Å². The third-order valence-electron chi connectivity index (χ3n) is 4.66. The molecule has 0 aromatic carbocycles. The fourth-order valence-corrected chi connectivity index (χ4v) is 4.14. The highest BCUT2D eigenvalue weighted by atomic mass is 32.2. The molecule has 6 heteroatoms. The summed E-state index contributed by atoms with van der Waals surface area (Å²) in [6.07, 6.45) is 17.2. The Hall–Kier alpha value is -1.01. The van der Waals surface area contributed by atoms with E-state index in [1.807, 2.05) is 12.2 Å². The van der Waals surface area contributed by atoms with Gasteiger partial charge < -0.3 is 15.3 Å². The minimum atomic E-state index is -1.02. The number of thioether (sulfide) groups is 1. The molecule has 0 fully saturated rings. The number of rotatable bonds is 20. The second-order valence-electron chi connectivity index (χ2n) is 7.40. The summed E-state index contributed by atoms with van der Waals surface area (Å²) in [4.78, 5) is 21.4. The third kappa shape index (κ3) is 18.4. The van der Waals surface area contributed by atoms with Crippen LogP contribution in [0.25, 0.3) is 0 Å². The van der Waals surface area contributed by atoms with Gasteiger partial charge >= 0.3 is 11.9 Å². The monoisotopic (exact) mass is 416 g/mol. The first-order valence-corrected chi connectivity index (χ1v) is 11.9. The first kappa shape index (κ1) is 27.0. The number of aliphatic hydroxyl groups is 1. The van der Waals surface area contributed by atoms with Crippen molar-refractivity contribution in [3.8, 4) is 0 Å². The Morgan fingerprint density at radius 1 is 0.857 bits per heavy atom. The van der Waals surface area contributed by atoms with Crippen LogP contribution in [0, 0.1) is 0 Å². The van der Waals surface area contributed by atoms with Gasteiger partial charge in [0.15, 0.2) is 0 Å². The Morgan fingerprint density at radius 3 is 1.96 bits per heavy atom. The highest BCUT2D eigenvalue weighted by Crippen LogP contribution is 2.21. The van der Waals surface area contributed by atoms with Crippen molar-refractivity contribution < 1.29 is 24.9 Å². The van der Waals surface area contributed by atoms with Crippen molar-refractivity contribution in [3.05, 3.63) is 12.2 Å². The smallest absolute Gasteiger partial charge is 0.306 e. The molecule has 0 bridgehead atoms. The average Bonchev–Trinajstić information content (AvgIpc) is 2.63. The van der Waals surface area contributed by atoms with Gasteiger partial charge in [0.2, 0.25) is 0 Å². The number of carboxylic acids is 2. The van der Waals surface area contributed by atoms with Crippen LogP contribution >= 0.6 is 11.8 Å². The molecular formula is C22H40O5S.